The van der Waals surface area contributed by atoms with Gasteiger partial charge in [0.2, 0.25) is 0 Å². The van der Waals surface area contributed by atoms with Crippen molar-refractivity contribution in [3.05, 3.63) is 39.9 Å². The molecule has 0 saturated heterocycles. The zero-order valence-electron chi connectivity index (χ0n) is 10.4. The van der Waals surface area contributed by atoms with Gasteiger partial charge < -0.3 is 10.4 Å². The first-order chi connectivity index (χ1) is 8.58. The van der Waals surface area contributed by atoms with Crippen molar-refractivity contribution in [3.8, 4) is 0 Å². The van der Waals surface area contributed by atoms with Gasteiger partial charge in [-0.1, -0.05) is 0 Å². The minimum atomic E-state index is -0.619. The monoisotopic (exact) mass is 250 g/mol. The normalized spacial score (nSPS) is 18.3. The van der Waals surface area contributed by atoms with Crippen molar-refractivity contribution in [1.82, 2.24) is 5.32 Å². The van der Waals surface area contributed by atoms with Crippen molar-refractivity contribution >= 4 is 5.69 Å². The fraction of sp³-hybridized carbons (Fsp3) is 0.538. The van der Waals surface area contributed by atoms with Crippen LogP contribution in [-0.4, -0.2) is 22.6 Å². The molecule has 2 unspecified atom stereocenters. The van der Waals surface area contributed by atoms with Crippen LogP contribution in [0.4, 0.5) is 5.69 Å². The summed E-state index contributed by atoms with van der Waals surface area (Å²) in [6, 6.07) is 6.47. The molecule has 1 aliphatic rings. The molecular weight excluding hydrogens is 232 g/mol. The number of nitrogens with zero attached hydrogens (tertiary/aromatic N) is 1. The van der Waals surface area contributed by atoms with Gasteiger partial charge >= 0.3 is 0 Å². The van der Waals surface area contributed by atoms with Crippen LogP contribution in [0.1, 0.15) is 31.4 Å². The van der Waals surface area contributed by atoms with E-state index in [2.05, 4.69) is 12.2 Å². The maximum absolute atomic E-state index is 10.5. The molecule has 0 aromatic heterocycles. The number of nitro benzene ring substituents is 1. The van der Waals surface area contributed by atoms with Crippen LogP contribution in [0.5, 0.6) is 0 Å². The minimum absolute atomic E-state index is 0.0465. The van der Waals surface area contributed by atoms with Crippen LogP contribution in [0.25, 0.3) is 0 Å². The van der Waals surface area contributed by atoms with Gasteiger partial charge in [-0.15, -0.1) is 0 Å². The molecule has 0 amide bonds. The molecule has 0 aliphatic heterocycles. The van der Waals surface area contributed by atoms with Crippen LogP contribution in [-0.2, 0) is 0 Å². The Hall–Kier alpha value is -1.46. The van der Waals surface area contributed by atoms with Gasteiger partial charge in [-0.05, 0) is 43.4 Å². The van der Waals surface area contributed by atoms with Crippen LogP contribution in [0.15, 0.2) is 24.3 Å². The number of benzene rings is 1. The predicted octanol–water partition coefficient (Wildman–Crippen LogP) is 2.02. The molecule has 1 aliphatic carbocycles. The third-order valence-electron chi connectivity index (χ3n) is 3.45. The average Bonchev–Trinajstić information content (AvgIpc) is 3.20. The lowest BCUT2D eigenvalue weighted by Gasteiger charge is -2.16. The third-order valence-corrected chi connectivity index (χ3v) is 3.45. The summed E-state index contributed by atoms with van der Waals surface area (Å²) in [4.78, 5) is 10.1. The van der Waals surface area contributed by atoms with Crippen molar-refractivity contribution in [3.63, 3.8) is 0 Å². The molecule has 98 valence electrons. The number of hydrogen-bond acceptors (Lipinski definition) is 4. The summed E-state index contributed by atoms with van der Waals surface area (Å²) >= 11 is 0. The average molecular weight is 250 g/mol. The molecule has 5 heteroatoms. The van der Waals surface area contributed by atoms with E-state index in [1.165, 1.54) is 25.0 Å². The van der Waals surface area contributed by atoms with Gasteiger partial charge in [0.15, 0.2) is 0 Å². The predicted molar refractivity (Wildman–Crippen MR) is 68.2 cm³/mol. The van der Waals surface area contributed by atoms with Crippen molar-refractivity contribution in [2.75, 3.05) is 6.54 Å². The van der Waals surface area contributed by atoms with E-state index < -0.39 is 11.0 Å². The van der Waals surface area contributed by atoms with E-state index >= 15 is 0 Å². The summed E-state index contributed by atoms with van der Waals surface area (Å²) in [5.41, 5.74) is 0.751. The lowest BCUT2D eigenvalue weighted by molar-refractivity contribution is -0.384. The Labute approximate surface area is 106 Å². The second kappa shape index (κ2) is 5.46. The first-order valence-electron chi connectivity index (χ1n) is 6.23. The second-order valence-corrected chi connectivity index (χ2v) is 4.90. The molecule has 0 spiro atoms. The van der Waals surface area contributed by atoms with Crippen LogP contribution in [0.3, 0.4) is 0 Å². The molecule has 2 rings (SSSR count). The largest absolute Gasteiger partial charge is 0.387 e. The lowest BCUT2D eigenvalue weighted by atomic mass is 10.1. The molecule has 1 fully saturated rings. The zero-order valence-corrected chi connectivity index (χ0v) is 10.4. The van der Waals surface area contributed by atoms with E-state index in [4.69, 9.17) is 0 Å². The summed E-state index contributed by atoms with van der Waals surface area (Å²) in [6.45, 7) is 2.61. The van der Waals surface area contributed by atoms with Gasteiger partial charge in [-0.3, -0.25) is 10.1 Å². The molecule has 1 aromatic rings. The van der Waals surface area contributed by atoms with Crippen LogP contribution in [0.2, 0.25) is 0 Å². The number of hydrogen-bond donors (Lipinski definition) is 2. The Morgan fingerprint density at radius 2 is 2.06 bits per heavy atom. The van der Waals surface area contributed by atoms with Crippen molar-refractivity contribution in [1.29, 1.82) is 0 Å². The highest BCUT2D eigenvalue weighted by molar-refractivity contribution is 5.33. The Kier molecular flexibility index (Phi) is 3.93. The highest BCUT2D eigenvalue weighted by atomic mass is 16.6. The smallest absolute Gasteiger partial charge is 0.269 e. The summed E-state index contributed by atoms with van der Waals surface area (Å²) in [7, 11) is 0. The van der Waals surface area contributed by atoms with E-state index in [1.807, 2.05) is 0 Å². The van der Waals surface area contributed by atoms with E-state index in [9.17, 15) is 15.2 Å². The van der Waals surface area contributed by atoms with Gasteiger partial charge in [-0.2, -0.15) is 0 Å². The van der Waals surface area contributed by atoms with Crippen molar-refractivity contribution < 1.29 is 10.0 Å². The minimum Gasteiger partial charge on any atom is -0.387 e. The maximum Gasteiger partial charge on any atom is 0.269 e. The zero-order chi connectivity index (χ0) is 13.1. The summed E-state index contributed by atoms with van der Waals surface area (Å²) in [6.07, 6.45) is 1.91. The number of aliphatic hydroxyl groups excluding tert-OH is 1. The van der Waals surface area contributed by atoms with Gasteiger partial charge in [0.25, 0.3) is 5.69 Å². The third kappa shape index (κ3) is 3.27. The highest BCUT2D eigenvalue weighted by Crippen LogP contribution is 2.32. The topological polar surface area (TPSA) is 75.4 Å². The first kappa shape index (κ1) is 13.0. The van der Waals surface area contributed by atoms with Crippen molar-refractivity contribution in [2.45, 2.75) is 31.9 Å². The molecule has 2 N–H and O–H groups in total. The summed E-state index contributed by atoms with van der Waals surface area (Å²) in [5.74, 6) is 0.745. The summed E-state index contributed by atoms with van der Waals surface area (Å²) in [5, 5.41) is 23.8. The Morgan fingerprint density at radius 1 is 1.44 bits per heavy atom. The number of non-ortho nitro benzene ring substituents is 1. The number of nitro groups is 1. The fourth-order valence-corrected chi connectivity index (χ4v) is 2.00. The Bertz CT molecular complexity index is 415. The fourth-order valence-electron chi connectivity index (χ4n) is 2.00. The van der Waals surface area contributed by atoms with Crippen molar-refractivity contribution in [2.24, 2.45) is 5.92 Å². The SMILES string of the molecule is CC(NCC(O)c1ccc([N+](=O)[O-])cc1)C1CC1. The van der Waals surface area contributed by atoms with Crippen LogP contribution >= 0.6 is 0 Å². The van der Waals surface area contributed by atoms with Gasteiger partial charge in [0.1, 0.15) is 0 Å². The molecule has 2 atom stereocenters. The van der Waals surface area contributed by atoms with Crippen LogP contribution < -0.4 is 5.32 Å². The summed E-state index contributed by atoms with van der Waals surface area (Å²) < 4.78 is 0. The Balaban J connectivity index is 1.87. The van der Waals surface area contributed by atoms with Gasteiger partial charge in [0, 0.05) is 24.7 Å². The number of nitrogens with one attached hydrogen (secondary N) is 1. The second-order valence-electron chi connectivity index (χ2n) is 4.90. The van der Waals surface area contributed by atoms with E-state index in [0.717, 1.165) is 5.92 Å². The van der Waals surface area contributed by atoms with E-state index in [1.54, 1.807) is 12.1 Å². The lowest BCUT2D eigenvalue weighted by Crippen LogP contribution is -2.31. The Morgan fingerprint density at radius 3 is 2.56 bits per heavy atom. The number of aliphatic hydroxyl groups is 1. The van der Waals surface area contributed by atoms with E-state index in [0.29, 0.717) is 18.2 Å². The molecule has 1 saturated carbocycles. The first-order valence-corrected chi connectivity index (χ1v) is 6.23. The molecule has 18 heavy (non-hydrogen) atoms. The number of rotatable bonds is 6. The van der Waals surface area contributed by atoms with Gasteiger partial charge in [-0.25, -0.2) is 0 Å². The van der Waals surface area contributed by atoms with Gasteiger partial charge in [0.05, 0.1) is 11.0 Å². The molecule has 0 radical (unpaired) electrons. The maximum atomic E-state index is 10.5. The van der Waals surface area contributed by atoms with E-state index in [-0.39, 0.29) is 5.69 Å². The quantitative estimate of drug-likeness (QED) is 0.598. The molecular formula is C13H18N2O3. The standard InChI is InChI=1S/C13H18N2O3/c1-9(10-2-3-10)14-8-13(16)11-4-6-12(7-5-11)15(17)18/h4-7,9-10,13-14,16H,2-3,8H2,1H3. The highest BCUT2D eigenvalue weighted by Gasteiger charge is 2.27. The molecule has 1 aromatic carbocycles. The molecule has 0 bridgehead atoms. The molecule has 5 nitrogen and oxygen atoms in total. The molecule has 0 heterocycles. The van der Waals surface area contributed by atoms with Crippen LogP contribution in [0, 0.1) is 16.0 Å².